The molecular weight excluding hydrogens is 252 g/mol. The molecule has 0 unspecified atom stereocenters. The number of unbranched alkanes of at least 4 members (excludes halogenated alkanes) is 3. The normalized spacial score (nSPS) is 10.6. The number of benzene rings is 1. The Labute approximate surface area is 119 Å². The van der Waals surface area contributed by atoms with E-state index in [1.807, 2.05) is 29.6 Å². The molecule has 0 radical (unpaired) electrons. The molecule has 0 N–H and O–H groups in total. The quantitative estimate of drug-likeness (QED) is 0.506. The summed E-state index contributed by atoms with van der Waals surface area (Å²) in [6, 6.07) is 11.9. The summed E-state index contributed by atoms with van der Waals surface area (Å²) in [7, 11) is 0. The molecule has 0 saturated heterocycles. The number of hydrogen-bond acceptors (Lipinski definition) is 2. The Morgan fingerprint density at radius 1 is 1.05 bits per heavy atom. The Morgan fingerprint density at radius 3 is 2.47 bits per heavy atom. The minimum Gasteiger partial charge on any atom is -0.288 e. The lowest BCUT2D eigenvalue weighted by Gasteiger charge is -2.03. The minimum atomic E-state index is 0.132. The standard InChI is InChI=1S/C17H20OS/c1-2-3-4-5-7-14-9-11-15(12-10-14)17(18)16-8-6-13-19-16/h6,8-13H,2-5,7H2,1H3. The lowest BCUT2D eigenvalue weighted by Crippen LogP contribution is -1.98. The van der Waals surface area contributed by atoms with Crippen LogP contribution in [0.3, 0.4) is 0 Å². The minimum absolute atomic E-state index is 0.132. The van der Waals surface area contributed by atoms with E-state index in [1.54, 1.807) is 0 Å². The van der Waals surface area contributed by atoms with E-state index < -0.39 is 0 Å². The average molecular weight is 272 g/mol. The van der Waals surface area contributed by atoms with E-state index in [9.17, 15) is 4.79 Å². The molecule has 0 saturated carbocycles. The fourth-order valence-corrected chi connectivity index (χ4v) is 2.81. The third kappa shape index (κ3) is 4.03. The maximum Gasteiger partial charge on any atom is 0.202 e. The molecule has 1 aromatic heterocycles. The van der Waals surface area contributed by atoms with Crippen LogP contribution < -0.4 is 0 Å². The topological polar surface area (TPSA) is 17.1 Å². The van der Waals surface area contributed by atoms with Crippen LogP contribution in [0.1, 0.15) is 53.4 Å². The van der Waals surface area contributed by atoms with Gasteiger partial charge in [0.15, 0.2) is 0 Å². The Hall–Kier alpha value is -1.41. The summed E-state index contributed by atoms with van der Waals surface area (Å²) in [6.07, 6.45) is 6.25. The van der Waals surface area contributed by atoms with Gasteiger partial charge in [0.25, 0.3) is 0 Å². The van der Waals surface area contributed by atoms with Gasteiger partial charge in [0.2, 0.25) is 5.78 Å². The predicted octanol–water partition coefficient (Wildman–Crippen LogP) is 5.10. The van der Waals surface area contributed by atoms with Gasteiger partial charge in [0.05, 0.1) is 4.88 Å². The largest absolute Gasteiger partial charge is 0.288 e. The molecular formula is C17H20OS. The van der Waals surface area contributed by atoms with Crippen molar-refractivity contribution in [1.82, 2.24) is 0 Å². The van der Waals surface area contributed by atoms with E-state index in [2.05, 4.69) is 19.1 Å². The molecule has 0 spiro atoms. The Morgan fingerprint density at radius 2 is 1.84 bits per heavy atom. The van der Waals surface area contributed by atoms with Crippen molar-refractivity contribution >= 4 is 17.1 Å². The molecule has 0 aliphatic heterocycles. The third-order valence-electron chi connectivity index (χ3n) is 3.28. The van der Waals surface area contributed by atoms with Crippen LogP contribution in [0.25, 0.3) is 0 Å². The van der Waals surface area contributed by atoms with Gasteiger partial charge in [-0.2, -0.15) is 0 Å². The average Bonchev–Trinajstić information content (AvgIpc) is 2.98. The molecule has 1 nitrogen and oxygen atoms in total. The summed E-state index contributed by atoms with van der Waals surface area (Å²) < 4.78 is 0. The summed E-state index contributed by atoms with van der Waals surface area (Å²) >= 11 is 1.50. The predicted molar refractivity (Wildman–Crippen MR) is 82.0 cm³/mol. The number of aryl methyl sites for hydroxylation is 1. The van der Waals surface area contributed by atoms with Gasteiger partial charge < -0.3 is 0 Å². The first-order chi connectivity index (χ1) is 9.31. The molecule has 0 aliphatic rings. The molecule has 0 fully saturated rings. The van der Waals surface area contributed by atoms with E-state index in [1.165, 1.54) is 42.6 Å². The molecule has 2 heteroatoms. The summed E-state index contributed by atoms with van der Waals surface area (Å²) in [5.74, 6) is 0.132. The van der Waals surface area contributed by atoms with Gasteiger partial charge in [-0.3, -0.25) is 4.79 Å². The highest BCUT2D eigenvalue weighted by atomic mass is 32.1. The Bertz CT molecular complexity index is 497. The second kappa shape index (κ2) is 7.25. The fourth-order valence-electron chi connectivity index (χ4n) is 2.13. The van der Waals surface area contributed by atoms with Gasteiger partial charge >= 0.3 is 0 Å². The van der Waals surface area contributed by atoms with Crippen molar-refractivity contribution < 1.29 is 4.79 Å². The molecule has 1 aromatic carbocycles. The number of hydrogen-bond donors (Lipinski definition) is 0. The van der Waals surface area contributed by atoms with Crippen LogP contribution >= 0.6 is 11.3 Å². The highest BCUT2D eigenvalue weighted by Crippen LogP contribution is 2.16. The van der Waals surface area contributed by atoms with Gasteiger partial charge in [-0.1, -0.05) is 56.5 Å². The van der Waals surface area contributed by atoms with Crippen LogP contribution in [0.15, 0.2) is 41.8 Å². The fraction of sp³-hybridized carbons (Fsp3) is 0.353. The zero-order valence-corrected chi connectivity index (χ0v) is 12.2. The summed E-state index contributed by atoms with van der Waals surface area (Å²) in [5, 5.41) is 1.94. The van der Waals surface area contributed by atoms with Crippen molar-refractivity contribution in [3.8, 4) is 0 Å². The van der Waals surface area contributed by atoms with E-state index in [-0.39, 0.29) is 5.78 Å². The highest BCUT2D eigenvalue weighted by Gasteiger charge is 2.09. The number of carbonyl (C=O) groups is 1. The molecule has 1 heterocycles. The molecule has 2 aromatic rings. The lowest BCUT2D eigenvalue weighted by atomic mass is 10.0. The summed E-state index contributed by atoms with van der Waals surface area (Å²) in [4.78, 5) is 12.9. The number of carbonyl (C=O) groups excluding carboxylic acids is 1. The lowest BCUT2D eigenvalue weighted by molar-refractivity contribution is 0.104. The molecule has 0 aliphatic carbocycles. The van der Waals surface area contributed by atoms with Gasteiger partial charge in [-0.05, 0) is 29.9 Å². The van der Waals surface area contributed by atoms with Gasteiger partial charge in [0.1, 0.15) is 0 Å². The van der Waals surface area contributed by atoms with Crippen LogP contribution in [0, 0.1) is 0 Å². The van der Waals surface area contributed by atoms with Crippen molar-refractivity contribution in [2.45, 2.75) is 39.0 Å². The second-order valence-corrected chi connectivity index (χ2v) is 5.76. The van der Waals surface area contributed by atoms with Crippen molar-refractivity contribution in [1.29, 1.82) is 0 Å². The summed E-state index contributed by atoms with van der Waals surface area (Å²) in [6.45, 7) is 2.23. The maximum atomic E-state index is 12.1. The monoisotopic (exact) mass is 272 g/mol. The van der Waals surface area contributed by atoms with Crippen LogP contribution in [0.5, 0.6) is 0 Å². The molecule has 100 valence electrons. The van der Waals surface area contributed by atoms with E-state index >= 15 is 0 Å². The van der Waals surface area contributed by atoms with Crippen LogP contribution in [-0.4, -0.2) is 5.78 Å². The zero-order chi connectivity index (χ0) is 13.5. The molecule has 2 rings (SSSR count). The first kappa shape index (κ1) is 14.0. The Kier molecular flexibility index (Phi) is 5.34. The van der Waals surface area contributed by atoms with E-state index in [0.29, 0.717) is 0 Å². The van der Waals surface area contributed by atoms with E-state index in [4.69, 9.17) is 0 Å². The first-order valence-electron chi connectivity index (χ1n) is 6.98. The highest BCUT2D eigenvalue weighted by molar-refractivity contribution is 7.12. The molecule has 0 amide bonds. The number of ketones is 1. The van der Waals surface area contributed by atoms with Crippen LogP contribution in [-0.2, 0) is 6.42 Å². The van der Waals surface area contributed by atoms with Gasteiger partial charge in [-0.15, -0.1) is 11.3 Å². The van der Waals surface area contributed by atoms with Crippen molar-refractivity contribution in [2.24, 2.45) is 0 Å². The van der Waals surface area contributed by atoms with Crippen LogP contribution in [0.4, 0.5) is 0 Å². The molecule has 19 heavy (non-hydrogen) atoms. The van der Waals surface area contributed by atoms with Crippen molar-refractivity contribution in [3.05, 3.63) is 57.8 Å². The summed E-state index contributed by atoms with van der Waals surface area (Å²) in [5.41, 5.74) is 2.12. The van der Waals surface area contributed by atoms with Crippen molar-refractivity contribution in [3.63, 3.8) is 0 Å². The smallest absolute Gasteiger partial charge is 0.202 e. The first-order valence-corrected chi connectivity index (χ1v) is 7.86. The van der Waals surface area contributed by atoms with Gasteiger partial charge in [-0.25, -0.2) is 0 Å². The van der Waals surface area contributed by atoms with Crippen molar-refractivity contribution in [2.75, 3.05) is 0 Å². The van der Waals surface area contributed by atoms with E-state index in [0.717, 1.165) is 16.9 Å². The zero-order valence-electron chi connectivity index (χ0n) is 11.4. The molecule has 0 atom stereocenters. The van der Waals surface area contributed by atoms with Gasteiger partial charge in [0, 0.05) is 5.56 Å². The Balaban J connectivity index is 1.93. The third-order valence-corrected chi connectivity index (χ3v) is 4.15. The SMILES string of the molecule is CCCCCCc1ccc(C(=O)c2cccs2)cc1. The maximum absolute atomic E-state index is 12.1. The molecule has 0 bridgehead atoms. The second-order valence-electron chi connectivity index (χ2n) is 4.81. The van der Waals surface area contributed by atoms with Crippen LogP contribution in [0.2, 0.25) is 0 Å². The number of thiophene rings is 1. The number of rotatable bonds is 7.